The lowest BCUT2D eigenvalue weighted by molar-refractivity contribution is -0.127. The second kappa shape index (κ2) is 8.43. The third-order valence-electron chi connectivity index (χ3n) is 6.26. The maximum absolute atomic E-state index is 12.7. The topological polar surface area (TPSA) is 75.8 Å². The van der Waals surface area contributed by atoms with Gasteiger partial charge >= 0.3 is 0 Å². The number of piperazine rings is 1. The van der Waals surface area contributed by atoms with Gasteiger partial charge in [-0.3, -0.25) is 9.69 Å². The molecule has 4 heterocycles. The number of nitrogens with zero attached hydrogens (tertiary/aromatic N) is 3. The molecular weight excluding hydrogens is 402 g/mol. The number of rotatable bonds is 5. The second-order valence-electron chi connectivity index (χ2n) is 8.24. The number of hydrogen-bond donors (Lipinski definition) is 0. The minimum atomic E-state index is -2.88. The van der Waals surface area contributed by atoms with E-state index >= 15 is 0 Å². The van der Waals surface area contributed by atoms with Crippen LogP contribution in [0.3, 0.4) is 0 Å². The van der Waals surface area contributed by atoms with Gasteiger partial charge < -0.3 is 13.9 Å². The molecule has 8 heteroatoms. The summed E-state index contributed by atoms with van der Waals surface area (Å²) in [6.45, 7) is 7.51. The van der Waals surface area contributed by atoms with Crippen molar-refractivity contribution < 1.29 is 17.6 Å². The highest BCUT2D eigenvalue weighted by Crippen LogP contribution is 2.21. The van der Waals surface area contributed by atoms with Crippen molar-refractivity contribution >= 4 is 21.8 Å². The quantitative estimate of drug-likeness (QED) is 0.678. The first kappa shape index (κ1) is 20.9. The van der Waals surface area contributed by atoms with Crippen LogP contribution in [-0.2, 0) is 21.2 Å². The monoisotopic (exact) mass is 431 g/mol. The van der Waals surface area contributed by atoms with Gasteiger partial charge in [0, 0.05) is 49.7 Å². The lowest BCUT2D eigenvalue weighted by atomic mass is 10.2. The van der Waals surface area contributed by atoms with E-state index in [4.69, 9.17) is 4.42 Å². The predicted molar refractivity (Wildman–Crippen MR) is 116 cm³/mol. The van der Waals surface area contributed by atoms with Crippen LogP contribution in [0.5, 0.6) is 0 Å². The Morgan fingerprint density at radius 3 is 2.63 bits per heavy atom. The van der Waals surface area contributed by atoms with Crippen molar-refractivity contribution in [2.24, 2.45) is 0 Å². The fourth-order valence-electron chi connectivity index (χ4n) is 4.44. The fraction of sp³-hybridized carbons (Fsp3) is 0.500. The number of sulfone groups is 1. The Hall–Kier alpha value is -2.32. The second-order valence-corrected chi connectivity index (χ2v) is 10.5. The van der Waals surface area contributed by atoms with E-state index in [0.29, 0.717) is 26.1 Å². The first-order chi connectivity index (χ1) is 14.3. The Balaban J connectivity index is 1.34. The lowest BCUT2D eigenvalue weighted by Gasteiger charge is -2.37. The molecule has 162 valence electrons. The molecule has 2 aliphatic heterocycles. The molecular formula is C22H29N3O4S. The first-order valence-electron chi connectivity index (χ1n) is 10.4. The molecule has 2 fully saturated rings. The van der Waals surface area contributed by atoms with Gasteiger partial charge in [-0.1, -0.05) is 0 Å². The first-order valence-corrected chi connectivity index (χ1v) is 12.2. The molecule has 2 aliphatic rings. The van der Waals surface area contributed by atoms with Crippen LogP contribution in [0.2, 0.25) is 0 Å². The van der Waals surface area contributed by atoms with E-state index in [9.17, 15) is 13.2 Å². The predicted octanol–water partition coefficient (Wildman–Crippen LogP) is 2.09. The van der Waals surface area contributed by atoms with E-state index < -0.39 is 9.84 Å². The standard InChI is InChI=1S/C22H29N3O4S/c1-17-14-19(18(2)25(17)15-21-4-3-12-29-21)5-6-22(26)24-10-8-23(9-11-24)20-7-13-30(27,28)16-20/h3-6,12,14,20H,7-11,13,15-16H2,1-2H3/b6-5+. The molecule has 0 aliphatic carbocycles. The van der Waals surface area contributed by atoms with Gasteiger partial charge in [0.25, 0.3) is 0 Å². The van der Waals surface area contributed by atoms with E-state index in [2.05, 4.69) is 29.4 Å². The molecule has 0 saturated carbocycles. The summed E-state index contributed by atoms with van der Waals surface area (Å²) in [5.74, 6) is 1.45. The molecule has 0 aromatic carbocycles. The molecule has 0 N–H and O–H groups in total. The number of aromatic nitrogens is 1. The summed E-state index contributed by atoms with van der Waals surface area (Å²) in [6, 6.07) is 6.04. The summed E-state index contributed by atoms with van der Waals surface area (Å²) in [4.78, 5) is 16.7. The Kier molecular flexibility index (Phi) is 5.88. The lowest BCUT2D eigenvalue weighted by Crippen LogP contribution is -2.52. The van der Waals surface area contributed by atoms with E-state index in [1.165, 1.54) is 0 Å². The van der Waals surface area contributed by atoms with Crippen LogP contribution < -0.4 is 0 Å². The van der Waals surface area contributed by atoms with E-state index in [1.807, 2.05) is 23.1 Å². The number of furan rings is 1. The summed E-state index contributed by atoms with van der Waals surface area (Å²) in [6.07, 6.45) is 5.92. The molecule has 2 aromatic rings. The summed E-state index contributed by atoms with van der Waals surface area (Å²) in [7, 11) is -2.88. The highest BCUT2D eigenvalue weighted by Gasteiger charge is 2.34. The van der Waals surface area contributed by atoms with Gasteiger partial charge in [-0.15, -0.1) is 0 Å². The van der Waals surface area contributed by atoms with Crippen LogP contribution in [0.25, 0.3) is 6.08 Å². The van der Waals surface area contributed by atoms with Gasteiger partial charge in [-0.25, -0.2) is 8.42 Å². The van der Waals surface area contributed by atoms with Crippen LogP contribution in [0.15, 0.2) is 35.0 Å². The zero-order chi connectivity index (χ0) is 21.3. The van der Waals surface area contributed by atoms with Gasteiger partial charge in [0.1, 0.15) is 5.76 Å². The summed E-state index contributed by atoms with van der Waals surface area (Å²) in [5.41, 5.74) is 3.25. The number of carbonyl (C=O) groups is 1. The number of amides is 1. The van der Waals surface area contributed by atoms with E-state index in [1.54, 1.807) is 12.3 Å². The van der Waals surface area contributed by atoms with Gasteiger partial charge in [0.15, 0.2) is 9.84 Å². The van der Waals surface area contributed by atoms with Crippen molar-refractivity contribution in [3.63, 3.8) is 0 Å². The summed E-state index contributed by atoms with van der Waals surface area (Å²) < 4.78 is 31.1. The maximum atomic E-state index is 12.7. The van der Waals surface area contributed by atoms with Crippen LogP contribution in [0.4, 0.5) is 0 Å². The molecule has 2 aromatic heterocycles. The van der Waals surface area contributed by atoms with Crippen molar-refractivity contribution in [3.8, 4) is 0 Å². The molecule has 1 unspecified atom stereocenters. The average Bonchev–Trinajstić information content (AvgIpc) is 3.43. The van der Waals surface area contributed by atoms with Crippen LogP contribution in [0, 0.1) is 13.8 Å². The third kappa shape index (κ3) is 4.54. The highest BCUT2D eigenvalue weighted by molar-refractivity contribution is 7.91. The third-order valence-corrected chi connectivity index (χ3v) is 8.01. The zero-order valence-corrected chi connectivity index (χ0v) is 18.4. The largest absolute Gasteiger partial charge is 0.467 e. The van der Waals surface area contributed by atoms with Crippen LogP contribution in [-0.4, -0.2) is 72.4 Å². The Labute approximate surface area is 177 Å². The summed E-state index contributed by atoms with van der Waals surface area (Å²) in [5, 5.41) is 0. The molecule has 30 heavy (non-hydrogen) atoms. The molecule has 2 saturated heterocycles. The zero-order valence-electron chi connectivity index (χ0n) is 17.6. The maximum Gasteiger partial charge on any atom is 0.246 e. The molecule has 0 spiro atoms. The molecule has 7 nitrogen and oxygen atoms in total. The normalized spacial score (nSPS) is 22.2. The van der Waals surface area contributed by atoms with Gasteiger partial charge in [-0.2, -0.15) is 0 Å². The molecule has 4 rings (SSSR count). The van der Waals surface area contributed by atoms with Gasteiger partial charge in [0.05, 0.1) is 24.3 Å². The molecule has 0 bridgehead atoms. The fourth-order valence-corrected chi connectivity index (χ4v) is 6.20. The van der Waals surface area contributed by atoms with Crippen molar-refractivity contribution in [2.75, 3.05) is 37.7 Å². The van der Waals surface area contributed by atoms with Crippen molar-refractivity contribution in [2.45, 2.75) is 32.9 Å². The van der Waals surface area contributed by atoms with E-state index in [0.717, 1.165) is 35.8 Å². The number of carbonyl (C=O) groups excluding carboxylic acids is 1. The highest BCUT2D eigenvalue weighted by atomic mass is 32.2. The van der Waals surface area contributed by atoms with Crippen molar-refractivity contribution in [1.29, 1.82) is 0 Å². The van der Waals surface area contributed by atoms with Crippen molar-refractivity contribution in [1.82, 2.24) is 14.4 Å². The van der Waals surface area contributed by atoms with Gasteiger partial charge in [-0.05, 0) is 50.1 Å². The smallest absolute Gasteiger partial charge is 0.246 e. The van der Waals surface area contributed by atoms with Crippen LogP contribution in [0.1, 0.15) is 29.1 Å². The average molecular weight is 432 g/mol. The van der Waals surface area contributed by atoms with Crippen LogP contribution >= 0.6 is 0 Å². The molecule has 1 atom stereocenters. The van der Waals surface area contributed by atoms with Gasteiger partial charge in [0.2, 0.25) is 5.91 Å². The van der Waals surface area contributed by atoms with E-state index in [-0.39, 0.29) is 23.5 Å². The summed E-state index contributed by atoms with van der Waals surface area (Å²) >= 11 is 0. The number of aryl methyl sites for hydroxylation is 1. The molecule has 1 amide bonds. The minimum absolute atomic E-state index is 0.00420. The Morgan fingerprint density at radius 1 is 1.23 bits per heavy atom. The molecule has 0 radical (unpaired) electrons. The van der Waals surface area contributed by atoms with Crippen molar-refractivity contribution in [3.05, 3.63) is 53.2 Å². The minimum Gasteiger partial charge on any atom is -0.467 e. The SMILES string of the molecule is Cc1cc(/C=C/C(=O)N2CCN(C3CCS(=O)(=O)C3)CC2)c(C)n1Cc1ccco1. The number of hydrogen-bond acceptors (Lipinski definition) is 5. The Morgan fingerprint density at radius 2 is 2.00 bits per heavy atom. The Bertz CT molecular complexity index is 1030.